The first-order valence-electron chi connectivity index (χ1n) is 3.23. The topological polar surface area (TPSA) is 50.4 Å². The third-order valence-corrected chi connectivity index (χ3v) is 1.42. The molecule has 0 heterocycles. The second-order valence-corrected chi connectivity index (χ2v) is 3.11. The monoisotopic (exact) mass is 161 g/mol. The third kappa shape index (κ3) is 4.64. The number of nitrogens with two attached hydrogens (primary N) is 1. The van der Waals surface area contributed by atoms with Gasteiger partial charge in [-0.05, 0) is 20.1 Å². The lowest BCUT2D eigenvalue weighted by atomic mass is 10.4. The average molecular weight is 161 g/mol. The zero-order valence-electron chi connectivity index (χ0n) is 6.72. The predicted octanol–water partition coefficient (Wildman–Crippen LogP) is 0.620. The summed E-state index contributed by atoms with van der Waals surface area (Å²) < 4.78 is 0. The van der Waals surface area contributed by atoms with Gasteiger partial charge in [-0.15, -0.1) is 0 Å². The number of amidine groups is 1. The summed E-state index contributed by atoms with van der Waals surface area (Å²) in [6.07, 6.45) is 2.02. The molecule has 0 aromatic rings. The van der Waals surface area contributed by atoms with Gasteiger partial charge in [0.25, 0.3) is 0 Å². The van der Waals surface area contributed by atoms with Crippen LogP contribution in [0.4, 0.5) is 0 Å². The molecule has 0 rings (SSSR count). The highest BCUT2D eigenvalue weighted by Crippen LogP contribution is 1.93. The Morgan fingerprint density at radius 2 is 2.30 bits per heavy atom. The summed E-state index contributed by atoms with van der Waals surface area (Å²) in [7, 11) is 0. The van der Waals surface area contributed by atoms with Crippen LogP contribution in [0.25, 0.3) is 0 Å². The van der Waals surface area contributed by atoms with E-state index >= 15 is 0 Å². The number of aliphatic imine (C=N–C) groups is 1. The van der Waals surface area contributed by atoms with Crippen LogP contribution in [0.5, 0.6) is 0 Å². The summed E-state index contributed by atoms with van der Waals surface area (Å²) in [5.41, 5.74) is 2.56. The fraction of sp³-hybridized carbons (Fsp3) is 0.833. The summed E-state index contributed by atoms with van der Waals surface area (Å²) >= 11 is 1.70. The normalized spacial score (nSPS) is 12.3. The first-order chi connectivity index (χ1) is 4.70. The van der Waals surface area contributed by atoms with Crippen molar-refractivity contribution in [1.29, 1.82) is 0 Å². The van der Waals surface area contributed by atoms with Gasteiger partial charge in [-0.25, -0.2) is 5.84 Å². The SMILES string of the molecule is CSCC(=NC(C)C)NN. The van der Waals surface area contributed by atoms with E-state index in [9.17, 15) is 0 Å². The Kier molecular flexibility index (Phi) is 5.43. The maximum absolute atomic E-state index is 5.21. The fourth-order valence-corrected chi connectivity index (χ4v) is 0.996. The van der Waals surface area contributed by atoms with Gasteiger partial charge in [-0.1, -0.05) is 0 Å². The Hall–Kier alpha value is -0.220. The minimum absolute atomic E-state index is 0.318. The van der Waals surface area contributed by atoms with Crippen molar-refractivity contribution in [1.82, 2.24) is 5.43 Å². The highest BCUT2D eigenvalue weighted by molar-refractivity contribution is 7.99. The Morgan fingerprint density at radius 3 is 2.60 bits per heavy atom. The van der Waals surface area contributed by atoms with Gasteiger partial charge in [-0.3, -0.25) is 4.99 Å². The molecule has 0 spiro atoms. The van der Waals surface area contributed by atoms with Gasteiger partial charge in [-0.2, -0.15) is 11.8 Å². The number of rotatable bonds is 3. The second-order valence-electron chi connectivity index (χ2n) is 2.25. The molecule has 0 unspecified atom stereocenters. The van der Waals surface area contributed by atoms with Gasteiger partial charge in [0.15, 0.2) is 0 Å². The Bertz CT molecular complexity index is 112. The van der Waals surface area contributed by atoms with Crippen molar-refractivity contribution < 1.29 is 0 Å². The van der Waals surface area contributed by atoms with E-state index < -0.39 is 0 Å². The lowest BCUT2D eigenvalue weighted by Gasteiger charge is -2.04. The molecule has 0 aromatic heterocycles. The van der Waals surface area contributed by atoms with Gasteiger partial charge >= 0.3 is 0 Å². The summed E-state index contributed by atoms with van der Waals surface area (Å²) in [4.78, 5) is 4.24. The van der Waals surface area contributed by atoms with Crippen LogP contribution in [0.1, 0.15) is 13.8 Å². The number of nitrogens with zero attached hydrogens (tertiary/aromatic N) is 1. The van der Waals surface area contributed by atoms with Crippen LogP contribution in [-0.2, 0) is 0 Å². The van der Waals surface area contributed by atoms with Crippen LogP contribution >= 0.6 is 11.8 Å². The maximum Gasteiger partial charge on any atom is 0.121 e. The third-order valence-electron chi connectivity index (χ3n) is 0.862. The molecule has 0 aliphatic heterocycles. The Morgan fingerprint density at radius 1 is 1.70 bits per heavy atom. The van der Waals surface area contributed by atoms with Crippen LogP contribution in [0, 0.1) is 0 Å². The van der Waals surface area contributed by atoms with Crippen molar-refractivity contribution in [2.45, 2.75) is 19.9 Å². The minimum atomic E-state index is 0.318. The van der Waals surface area contributed by atoms with E-state index in [-0.39, 0.29) is 0 Å². The van der Waals surface area contributed by atoms with Crippen molar-refractivity contribution in [2.75, 3.05) is 12.0 Å². The standard InChI is InChI=1S/C6H15N3S/c1-5(2)8-6(9-7)4-10-3/h5H,4,7H2,1-3H3,(H,8,9). The fourth-order valence-electron chi connectivity index (χ4n) is 0.565. The molecule has 0 fully saturated rings. The van der Waals surface area contributed by atoms with Crippen LogP contribution in [-0.4, -0.2) is 23.9 Å². The van der Waals surface area contributed by atoms with Crippen LogP contribution < -0.4 is 11.3 Å². The summed E-state index contributed by atoms with van der Waals surface area (Å²) in [6.45, 7) is 4.05. The van der Waals surface area contributed by atoms with Crippen LogP contribution in [0.3, 0.4) is 0 Å². The highest BCUT2D eigenvalue weighted by Gasteiger charge is 1.94. The lowest BCUT2D eigenvalue weighted by Crippen LogP contribution is -2.32. The zero-order valence-corrected chi connectivity index (χ0v) is 7.53. The first kappa shape index (κ1) is 9.78. The largest absolute Gasteiger partial charge is 0.312 e. The Labute approximate surface area is 66.4 Å². The second kappa shape index (κ2) is 5.56. The lowest BCUT2D eigenvalue weighted by molar-refractivity contribution is 0.818. The van der Waals surface area contributed by atoms with Gasteiger partial charge in [0.05, 0.1) is 5.75 Å². The van der Waals surface area contributed by atoms with Crippen molar-refractivity contribution >= 4 is 17.6 Å². The number of hydrogen-bond donors (Lipinski definition) is 2. The van der Waals surface area contributed by atoms with E-state index in [0.29, 0.717) is 6.04 Å². The van der Waals surface area contributed by atoms with E-state index in [0.717, 1.165) is 11.6 Å². The smallest absolute Gasteiger partial charge is 0.121 e. The molecule has 3 nitrogen and oxygen atoms in total. The zero-order chi connectivity index (χ0) is 7.98. The van der Waals surface area contributed by atoms with Crippen molar-refractivity contribution in [2.24, 2.45) is 10.8 Å². The molecule has 0 bridgehead atoms. The van der Waals surface area contributed by atoms with Gasteiger partial charge < -0.3 is 5.43 Å². The predicted molar refractivity (Wildman–Crippen MR) is 48.3 cm³/mol. The highest BCUT2D eigenvalue weighted by atomic mass is 32.2. The minimum Gasteiger partial charge on any atom is -0.312 e. The quantitative estimate of drug-likeness (QED) is 0.276. The molecule has 10 heavy (non-hydrogen) atoms. The molecule has 0 atom stereocenters. The molecule has 3 N–H and O–H groups in total. The van der Waals surface area contributed by atoms with E-state index in [1.807, 2.05) is 20.1 Å². The first-order valence-corrected chi connectivity index (χ1v) is 4.62. The number of hydrazine groups is 1. The summed E-state index contributed by atoms with van der Waals surface area (Å²) in [5, 5.41) is 0. The number of thioether (sulfide) groups is 1. The molecule has 0 saturated heterocycles. The molecule has 4 heteroatoms. The molecular formula is C6H15N3S. The van der Waals surface area contributed by atoms with Crippen LogP contribution in [0.15, 0.2) is 4.99 Å². The van der Waals surface area contributed by atoms with E-state index in [1.165, 1.54) is 0 Å². The maximum atomic E-state index is 5.21. The Balaban J connectivity index is 3.78. The van der Waals surface area contributed by atoms with Crippen molar-refractivity contribution in [3.05, 3.63) is 0 Å². The molecule has 0 saturated carbocycles. The summed E-state index contributed by atoms with van der Waals surface area (Å²) in [5.74, 6) is 6.93. The average Bonchev–Trinajstić information content (AvgIpc) is 1.86. The van der Waals surface area contributed by atoms with Gasteiger partial charge in [0.1, 0.15) is 5.84 Å². The molecule has 0 aliphatic carbocycles. The number of hydrogen-bond acceptors (Lipinski definition) is 3. The van der Waals surface area contributed by atoms with Crippen molar-refractivity contribution in [3.63, 3.8) is 0 Å². The molecule has 0 aliphatic rings. The summed E-state index contributed by atoms with van der Waals surface area (Å²) in [6, 6.07) is 0.318. The molecule has 0 radical (unpaired) electrons. The van der Waals surface area contributed by atoms with Crippen molar-refractivity contribution in [3.8, 4) is 0 Å². The van der Waals surface area contributed by atoms with Crippen LogP contribution in [0.2, 0.25) is 0 Å². The van der Waals surface area contributed by atoms with Gasteiger partial charge in [0, 0.05) is 6.04 Å². The van der Waals surface area contributed by atoms with E-state index in [4.69, 9.17) is 5.84 Å². The van der Waals surface area contributed by atoms with E-state index in [1.54, 1.807) is 11.8 Å². The molecule has 0 amide bonds. The van der Waals surface area contributed by atoms with Gasteiger partial charge in [0.2, 0.25) is 0 Å². The van der Waals surface area contributed by atoms with E-state index in [2.05, 4.69) is 10.4 Å². The molecule has 60 valence electrons. The molecular weight excluding hydrogens is 146 g/mol. The number of nitrogens with one attached hydrogen (secondary N) is 1. The molecule has 0 aromatic carbocycles.